The van der Waals surface area contributed by atoms with Gasteiger partial charge in [0.1, 0.15) is 0 Å². The lowest BCUT2D eigenvalue weighted by molar-refractivity contribution is -0.137. The standard InChI is InChI=1S/C16H22N2O3/c1-11-5-3-4-6-14(11)12-9-13(10-12)17-16(21)18(2)8-7-15(19)20/h3-6,12-13H,7-10H2,1-2H3,(H,17,21)(H,19,20). The summed E-state index contributed by atoms with van der Waals surface area (Å²) in [4.78, 5) is 23.8. The van der Waals surface area contributed by atoms with E-state index in [-0.39, 0.29) is 25.0 Å². The SMILES string of the molecule is Cc1ccccc1C1CC(NC(=O)N(C)CCC(=O)O)C1. The summed E-state index contributed by atoms with van der Waals surface area (Å²) >= 11 is 0. The minimum absolute atomic E-state index is 0.0274. The zero-order valence-corrected chi connectivity index (χ0v) is 12.5. The largest absolute Gasteiger partial charge is 0.481 e. The van der Waals surface area contributed by atoms with Gasteiger partial charge in [-0.15, -0.1) is 0 Å². The second-order valence-corrected chi connectivity index (χ2v) is 5.74. The molecule has 0 unspecified atom stereocenters. The Hall–Kier alpha value is -2.04. The normalized spacial score (nSPS) is 20.5. The highest BCUT2D eigenvalue weighted by molar-refractivity contribution is 5.75. The van der Waals surface area contributed by atoms with Crippen LogP contribution in [0.15, 0.2) is 24.3 Å². The molecule has 21 heavy (non-hydrogen) atoms. The summed E-state index contributed by atoms with van der Waals surface area (Å²) in [6.45, 7) is 2.34. The molecule has 1 fully saturated rings. The van der Waals surface area contributed by atoms with Crippen LogP contribution in [0.2, 0.25) is 0 Å². The Morgan fingerprint density at radius 1 is 1.33 bits per heavy atom. The maximum atomic E-state index is 11.9. The Morgan fingerprint density at radius 2 is 2.00 bits per heavy atom. The summed E-state index contributed by atoms with van der Waals surface area (Å²) in [5.74, 6) is -0.376. The molecule has 0 saturated heterocycles. The number of nitrogens with zero attached hydrogens (tertiary/aromatic N) is 1. The molecule has 0 heterocycles. The van der Waals surface area contributed by atoms with Crippen LogP contribution in [0.25, 0.3) is 0 Å². The van der Waals surface area contributed by atoms with Crippen LogP contribution in [0.4, 0.5) is 4.79 Å². The van der Waals surface area contributed by atoms with Gasteiger partial charge in [0.25, 0.3) is 0 Å². The molecule has 0 aromatic heterocycles. The van der Waals surface area contributed by atoms with Crippen LogP contribution in [0.3, 0.4) is 0 Å². The minimum atomic E-state index is -0.891. The Morgan fingerprint density at radius 3 is 2.62 bits per heavy atom. The smallest absolute Gasteiger partial charge is 0.317 e. The Bertz CT molecular complexity index is 524. The first kappa shape index (κ1) is 15.4. The van der Waals surface area contributed by atoms with Crippen LogP contribution in [0.1, 0.15) is 36.3 Å². The molecule has 2 N–H and O–H groups in total. The van der Waals surface area contributed by atoms with Crippen LogP contribution in [-0.4, -0.2) is 41.6 Å². The van der Waals surface area contributed by atoms with Crippen molar-refractivity contribution >= 4 is 12.0 Å². The molecule has 1 aliphatic carbocycles. The van der Waals surface area contributed by atoms with Crippen molar-refractivity contribution in [2.75, 3.05) is 13.6 Å². The second kappa shape index (κ2) is 6.61. The van der Waals surface area contributed by atoms with Crippen molar-refractivity contribution in [2.45, 2.75) is 38.1 Å². The van der Waals surface area contributed by atoms with Crippen molar-refractivity contribution in [3.8, 4) is 0 Å². The van der Waals surface area contributed by atoms with Gasteiger partial charge in [0, 0.05) is 19.6 Å². The van der Waals surface area contributed by atoms with Gasteiger partial charge >= 0.3 is 12.0 Å². The third-order valence-electron chi connectivity index (χ3n) is 4.10. The molecular weight excluding hydrogens is 268 g/mol. The van der Waals surface area contributed by atoms with Crippen molar-refractivity contribution in [1.29, 1.82) is 0 Å². The van der Waals surface area contributed by atoms with Crippen molar-refractivity contribution < 1.29 is 14.7 Å². The predicted octanol–water partition coefficient (Wildman–Crippen LogP) is 2.36. The molecule has 1 aromatic rings. The maximum absolute atomic E-state index is 11.9. The number of benzene rings is 1. The van der Waals surface area contributed by atoms with Gasteiger partial charge in [-0.3, -0.25) is 4.79 Å². The minimum Gasteiger partial charge on any atom is -0.481 e. The lowest BCUT2D eigenvalue weighted by Gasteiger charge is -2.37. The molecule has 1 aromatic carbocycles. The number of urea groups is 1. The number of amides is 2. The number of carbonyl (C=O) groups is 2. The molecule has 0 atom stereocenters. The quantitative estimate of drug-likeness (QED) is 0.874. The highest BCUT2D eigenvalue weighted by atomic mass is 16.4. The maximum Gasteiger partial charge on any atom is 0.317 e. The molecule has 5 nitrogen and oxygen atoms in total. The van der Waals surface area contributed by atoms with Gasteiger partial charge in [-0.25, -0.2) is 4.79 Å². The number of hydrogen-bond acceptors (Lipinski definition) is 2. The van der Waals surface area contributed by atoms with Gasteiger partial charge in [0.2, 0.25) is 0 Å². The summed E-state index contributed by atoms with van der Waals surface area (Å²) in [5.41, 5.74) is 2.66. The molecule has 5 heteroatoms. The lowest BCUT2D eigenvalue weighted by atomic mass is 9.74. The summed E-state index contributed by atoms with van der Waals surface area (Å²) in [5, 5.41) is 11.6. The van der Waals surface area contributed by atoms with Crippen LogP contribution < -0.4 is 5.32 Å². The summed E-state index contributed by atoms with van der Waals surface area (Å²) in [7, 11) is 1.62. The van der Waals surface area contributed by atoms with Gasteiger partial charge in [-0.1, -0.05) is 24.3 Å². The first-order chi connectivity index (χ1) is 9.97. The highest BCUT2D eigenvalue weighted by Crippen LogP contribution is 2.38. The molecule has 1 aliphatic rings. The zero-order valence-electron chi connectivity index (χ0n) is 12.5. The number of carboxylic acids is 1. The van der Waals surface area contributed by atoms with Gasteiger partial charge < -0.3 is 15.3 Å². The van der Waals surface area contributed by atoms with Gasteiger partial charge in [0.15, 0.2) is 0 Å². The average Bonchev–Trinajstić information content (AvgIpc) is 2.40. The molecule has 0 spiro atoms. The third kappa shape index (κ3) is 3.97. The fraction of sp³-hybridized carbons (Fsp3) is 0.500. The monoisotopic (exact) mass is 290 g/mol. The highest BCUT2D eigenvalue weighted by Gasteiger charge is 2.32. The van der Waals surface area contributed by atoms with Crippen LogP contribution in [0, 0.1) is 6.92 Å². The molecule has 2 amide bonds. The number of aryl methyl sites for hydroxylation is 1. The first-order valence-electron chi connectivity index (χ1n) is 7.26. The van der Waals surface area contributed by atoms with E-state index in [1.807, 2.05) is 12.1 Å². The molecule has 0 radical (unpaired) electrons. The number of rotatable bonds is 5. The van der Waals surface area contributed by atoms with Crippen LogP contribution in [0.5, 0.6) is 0 Å². The van der Waals surface area contributed by atoms with Crippen molar-refractivity contribution in [3.05, 3.63) is 35.4 Å². The first-order valence-corrected chi connectivity index (χ1v) is 7.26. The van der Waals surface area contributed by atoms with Crippen LogP contribution >= 0.6 is 0 Å². The predicted molar refractivity (Wildman–Crippen MR) is 80.4 cm³/mol. The Balaban J connectivity index is 1.76. The summed E-state index contributed by atoms with van der Waals surface area (Å²) in [6, 6.07) is 8.35. The molecule has 0 bridgehead atoms. The fourth-order valence-corrected chi connectivity index (χ4v) is 2.68. The van der Waals surface area contributed by atoms with E-state index in [0.717, 1.165) is 12.8 Å². The fourth-order valence-electron chi connectivity index (χ4n) is 2.68. The Kier molecular flexibility index (Phi) is 4.83. The molecule has 114 valence electrons. The van der Waals surface area contributed by atoms with E-state index < -0.39 is 5.97 Å². The number of carboxylic acid groups (broad SMARTS) is 1. The second-order valence-electron chi connectivity index (χ2n) is 5.74. The van der Waals surface area contributed by atoms with Gasteiger partial charge in [0.05, 0.1) is 6.42 Å². The van der Waals surface area contributed by atoms with Crippen molar-refractivity contribution in [3.63, 3.8) is 0 Å². The zero-order chi connectivity index (χ0) is 15.4. The Labute approximate surface area is 125 Å². The number of carbonyl (C=O) groups excluding carboxylic acids is 1. The van der Waals surface area contributed by atoms with E-state index in [1.54, 1.807) is 7.05 Å². The number of hydrogen-bond donors (Lipinski definition) is 2. The lowest BCUT2D eigenvalue weighted by Crippen LogP contribution is -2.48. The van der Waals surface area contributed by atoms with E-state index in [1.165, 1.54) is 16.0 Å². The summed E-state index contributed by atoms with van der Waals surface area (Å²) in [6.07, 6.45) is 1.87. The van der Waals surface area contributed by atoms with E-state index >= 15 is 0 Å². The number of aliphatic carboxylic acids is 1. The van der Waals surface area contributed by atoms with E-state index in [4.69, 9.17) is 5.11 Å². The van der Waals surface area contributed by atoms with Gasteiger partial charge in [-0.05, 0) is 36.8 Å². The molecule has 1 saturated carbocycles. The molecule has 2 rings (SSSR count). The summed E-state index contributed by atoms with van der Waals surface area (Å²) < 4.78 is 0. The molecular formula is C16H22N2O3. The third-order valence-corrected chi connectivity index (χ3v) is 4.10. The molecule has 0 aliphatic heterocycles. The topological polar surface area (TPSA) is 69.6 Å². The van der Waals surface area contributed by atoms with E-state index in [9.17, 15) is 9.59 Å². The number of nitrogens with one attached hydrogen (secondary N) is 1. The van der Waals surface area contributed by atoms with E-state index in [2.05, 4.69) is 24.4 Å². The van der Waals surface area contributed by atoms with Crippen molar-refractivity contribution in [1.82, 2.24) is 10.2 Å². The van der Waals surface area contributed by atoms with E-state index in [0.29, 0.717) is 5.92 Å². The average molecular weight is 290 g/mol. The van der Waals surface area contributed by atoms with Crippen LogP contribution in [-0.2, 0) is 4.79 Å². The van der Waals surface area contributed by atoms with Crippen molar-refractivity contribution in [2.24, 2.45) is 0 Å². The van der Waals surface area contributed by atoms with Gasteiger partial charge in [-0.2, -0.15) is 0 Å².